The van der Waals surface area contributed by atoms with Crippen molar-refractivity contribution in [3.05, 3.63) is 125 Å². The quantitative estimate of drug-likeness (QED) is 0.224. The molecule has 7 heteroatoms. The van der Waals surface area contributed by atoms with Gasteiger partial charge in [0.2, 0.25) is 0 Å². The van der Waals surface area contributed by atoms with Crippen molar-refractivity contribution in [3.8, 4) is 0 Å². The second-order valence-corrected chi connectivity index (χ2v) is 8.36. The zero-order valence-electron chi connectivity index (χ0n) is 17.6. The molecule has 0 aliphatic carbocycles. The number of benzene rings is 3. The van der Waals surface area contributed by atoms with E-state index in [0.29, 0.717) is 0 Å². The molecule has 0 heterocycles. The summed E-state index contributed by atoms with van der Waals surface area (Å²) in [7, 11) is 0.806. The van der Waals surface area contributed by atoms with Gasteiger partial charge in [-0.1, -0.05) is 103 Å². The molecule has 3 aromatic rings. The summed E-state index contributed by atoms with van der Waals surface area (Å²) >= 11 is 1.82. The van der Waals surface area contributed by atoms with Crippen LogP contribution in [-0.2, 0) is 39.5 Å². The Hall–Kier alpha value is -1.56. The molecule has 2 unspecified atom stereocenters. The van der Waals surface area contributed by atoms with Gasteiger partial charge in [-0.3, -0.25) is 0 Å². The molecule has 31 heavy (non-hydrogen) atoms. The average Bonchev–Trinajstić information content (AvgIpc) is 2.80. The Labute approximate surface area is 201 Å². The maximum atomic E-state index is 12.9. The van der Waals surface area contributed by atoms with Gasteiger partial charge < -0.3 is 17.9 Å². The molecular formula is C24H27ClN2O2RuS. The molecule has 0 saturated heterocycles. The minimum atomic E-state index is -3.76. The van der Waals surface area contributed by atoms with Crippen molar-refractivity contribution >= 4 is 19.7 Å². The van der Waals surface area contributed by atoms with E-state index in [2.05, 4.69) is 14.4 Å². The summed E-state index contributed by atoms with van der Waals surface area (Å²) in [6.45, 7) is 2.00. The zero-order valence-corrected chi connectivity index (χ0v) is 20.9. The van der Waals surface area contributed by atoms with Gasteiger partial charge >= 0.3 is 27.0 Å². The van der Waals surface area contributed by atoms with Gasteiger partial charge in [0, 0.05) is 0 Å². The first kappa shape index (κ1) is 27.5. The third-order valence-electron chi connectivity index (χ3n) is 4.73. The van der Waals surface area contributed by atoms with Crippen molar-refractivity contribution in [1.82, 2.24) is 0 Å². The van der Waals surface area contributed by atoms with Crippen LogP contribution in [-0.4, -0.2) is 8.42 Å². The second kappa shape index (κ2) is 13.8. The third kappa shape index (κ3) is 8.14. The van der Waals surface area contributed by atoms with Crippen LogP contribution in [0.15, 0.2) is 84.9 Å². The molecule has 0 bridgehead atoms. The van der Waals surface area contributed by atoms with E-state index in [4.69, 9.17) is 5.73 Å². The van der Waals surface area contributed by atoms with Crippen LogP contribution in [0, 0.1) is 7.43 Å². The standard InChI is InChI=1S/C23H24N2O2S.CH3.ClH.Ru/c1-2-18-11-9-10-16-21(18)17-28(26,27)25-23(20-14-7-4-8-15-20)22(24)19-12-5-3-6-13-19;;;/h3-16,22-24H,2,17H2,1H3;1H3;1H;/q-2;-1;;+4/p-1. The molecule has 166 valence electrons. The van der Waals surface area contributed by atoms with E-state index < -0.39 is 22.1 Å². The predicted molar refractivity (Wildman–Crippen MR) is 127 cm³/mol. The van der Waals surface area contributed by atoms with Crippen molar-refractivity contribution in [2.75, 3.05) is 0 Å². The molecule has 0 amide bonds. The van der Waals surface area contributed by atoms with Crippen molar-refractivity contribution in [2.45, 2.75) is 31.2 Å². The third-order valence-corrected chi connectivity index (χ3v) is 5.95. The maximum absolute atomic E-state index is 12.9. The van der Waals surface area contributed by atoms with Crippen molar-refractivity contribution in [1.29, 1.82) is 0 Å². The molecule has 0 aromatic heterocycles. The van der Waals surface area contributed by atoms with Crippen molar-refractivity contribution < 1.29 is 25.7 Å². The summed E-state index contributed by atoms with van der Waals surface area (Å²) in [6.07, 6.45) is 0.763. The number of nitrogens with zero attached hydrogens (tertiary/aromatic N) is 1. The fraction of sp³-hybridized carbons (Fsp3) is 0.208. The number of hydrogen-bond donors (Lipinski definition) is 0. The van der Waals surface area contributed by atoms with E-state index in [1.165, 1.54) is 0 Å². The molecule has 3 aromatic carbocycles. The molecule has 3 rings (SSSR count). The number of sulfonamides is 1. The van der Waals surface area contributed by atoms with Gasteiger partial charge in [0.15, 0.2) is 0 Å². The van der Waals surface area contributed by atoms with Crippen molar-refractivity contribution in [3.63, 3.8) is 0 Å². The summed E-state index contributed by atoms with van der Waals surface area (Å²) in [4.78, 5) is 0. The molecule has 0 fully saturated rings. The zero-order chi connectivity index (χ0) is 22.0. The van der Waals surface area contributed by atoms with Crippen LogP contribution >= 0.6 is 9.69 Å². The molecule has 2 atom stereocenters. The molecule has 4 nitrogen and oxygen atoms in total. The Morgan fingerprint density at radius 2 is 1.29 bits per heavy atom. The average molecular weight is 544 g/mol. The van der Waals surface area contributed by atoms with Gasteiger partial charge in [0.05, 0.1) is 15.8 Å². The fourth-order valence-corrected chi connectivity index (χ4v) is 4.60. The van der Waals surface area contributed by atoms with Crippen LogP contribution in [0.5, 0.6) is 0 Å². The number of nitrogens with one attached hydrogen (secondary N) is 1. The van der Waals surface area contributed by atoms with Gasteiger partial charge in [0.25, 0.3) is 0 Å². The van der Waals surface area contributed by atoms with Crippen molar-refractivity contribution in [2.24, 2.45) is 0 Å². The van der Waals surface area contributed by atoms with E-state index in [9.17, 15) is 8.42 Å². The molecule has 0 aliphatic rings. The van der Waals surface area contributed by atoms with Crippen LogP contribution in [0.2, 0.25) is 0 Å². The van der Waals surface area contributed by atoms with Crippen LogP contribution in [0.25, 0.3) is 10.5 Å². The first-order valence-electron chi connectivity index (χ1n) is 9.46. The van der Waals surface area contributed by atoms with Gasteiger partial charge in [-0.15, -0.1) is 12.1 Å². The van der Waals surface area contributed by atoms with Gasteiger partial charge in [-0.2, -0.15) is 0 Å². The monoisotopic (exact) mass is 544 g/mol. The Morgan fingerprint density at radius 3 is 1.81 bits per heavy atom. The molecule has 0 radical (unpaired) electrons. The van der Waals surface area contributed by atoms with E-state index in [1.54, 1.807) is 0 Å². The predicted octanol–water partition coefficient (Wildman–Crippen LogP) is 7.12. The van der Waals surface area contributed by atoms with Gasteiger partial charge in [0.1, 0.15) is 0 Å². The normalized spacial score (nSPS) is 12.6. The Balaban J connectivity index is 0.00000156. The fourth-order valence-electron chi connectivity index (χ4n) is 3.26. The first-order valence-corrected chi connectivity index (χ1v) is 13.3. The van der Waals surface area contributed by atoms with Crippen LogP contribution < -0.4 is 0 Å². The number of halogens is 1. The van der Waals surface area contributed by atoms with E-state index in [-0.39, 0.29) is 13.2 Å². The Bertz CT molecular complexity index is 1000. The summed E-state index contributed by atoms with van der Waals surface area (Å²) in [5.41, 5.74) is 11.9. The Kier molecular flexibility index (Phi) is 12.2. The SMILES string of the molecule is CCc1ccccc1CS(=O)(=O)[N-]C(c1ccccc1)C([NH-])c1ccccc1.[CH3-].[Cl][Ru+3]. The number of aryl methyl sites for hydroxylation is 1. The van der Waals surface area contributed by atoms with E-state index in [1.807, 2.05) is 109 Å². The van der Waals surface area contributed by atoms with Gasteiger partial charge in [-0.25, -0.2) is 8.42 Å². The molecule has 0 spiro atoms. The summed E-state index contributed by atoms with van der Waals surface area (Å²) in [6, 6.07) is 24.4. The topological polar surface area (TPSA) is 72.0 Å². The summed E-state index contributed by atoms with van der Waals surface area (Å²) in [5, 5.41) is 0. The first-order chi connectivity index (χ1) is 14.5. The van der Waals surface area contributed by atoms with E-state index in [0.717, 1.165) is 28.7 Å². The molecule has 1 N–H and O–H groups in total. The number of rotatable bonds is 8. The molecule has 0 saturated carbocycles. The van der Waals surface area contributed by atoms with Crippen LogP contribution in [0.4, 0.5) is 0 Å². The van der Waals surface area contributed by atoms with Crippen LogP contribution in [0.3, 0.4) is 0 Å². The molecule has 0 aliphatic heterocycles. The number of hydrogen-bond acceptors (Lipinski definition) is 2. The Morgan fingerprint density at radius 1 is 0.839 bits per heavy atom. The molecular weight excluding hydrogens is 517 g/mol. The van der Waals surface area contributed by atoms with Crippen LogP contribution in [0.1, 0.15) is 41.3 Å². The summed E-state index contributed by atoms with van der Waals surface area (Å²) in [5.74, 6) is -0.151. The second-order valence-electron chi connectivity index (χ2n) is 6.70. The minimum absolute atomic E-state index is 0. The van der Waals surface area contributed by atoms with E-state index >= 15 is 0 Å². The van der Waals surface area contributed by atoms with Gasteiger partial charge in [-0.05, 0) is 17.5 Å². The summed E-state index contributed by atoms with van der Waals surface area (Å²) < 4.78 is 30.1.